The minimum atomic E-state index is -1.96. The maximum absolute atomic E-state index is 9.77. The van der Waals surface area contributed by atoms with Gasteiger partial charge in [0.05, 0.1) is 55.9 Å². The van der Waals surface area contributed by atoms with E-state index in [1.807, 2.05) is 20.8 Å². The van der Waals surface area contributed by atoms with Crippen LogP contribution >= 0.6 is 8.60 Å². The number of aliphatic hydroxyl groups is 3. The van der Waals surface area contributed by atoms with Crippen LogP contribution in [0.3, 0.4) is 0 Å². The first-order chi connectivity index (χ1) is 13.5. The molecule has 0 aromatic carbocycles. The summed E-state index contributed by atoms with van der Waals surface area (Å²) in [4.78, 5) is 0. The molecule has 3 saturated heterocycles. The molecule has 0 aromatic heterocycles. The number of ether oxygens (including phenoxy) is 3. The molecule has 3 fully saturated rings. The van der Waals surface area contributed by atoms with Crippen LogP contribution in [0.15, 0.2) is 0 Å². The Morgan fingerprint density at radius 3 is 1.11 bits per heavy atom. The van der Waals surface area contributed by atoms with E-state index in [-0.39, 0.29) is 19.8 Å². The predicted molar refractivity (Wildman–Crippen MR) is 98.8 cm³/mol. The molecule has 0 bridgehead atoms. The monoisotopic (exact) mass is 424 g/mol. The zero-order valence-electron chi connectivity index (χ0n) is 16.8. The zero-order chi connectivity index (χ0) is 20.4. The van der Waals surface area contributed by atoms with E-state index >= 15 is 0 Å². The van der Waals surface area contributed by atoms with Crippen LogP contribution in [-0.2, 0) is 27.8 Å². The Labute approximate surface area is 167 Å². The van der Waals surface area contributed by atoms with Crippen LogP contribution in [0.1, 0.15) is 40.0 Å². The summed E-state index contributed by atoms with van der Waals surface area (Å²) in [5.74, 6) is 0. The van der Waals surface area contributed by atoms with Crippen molar-refractivity contribution in [3.8, 4) is 0 Å². The molecule has 28 heavy (non-hydrogen) atoms. The third-order valence-electron chi connectivity index (χ3n) is 6.67. The Kier molecular flexibility index (Phi) is 7.36. The highest BCUT2D eigenvalue weighted by atomic mass is 31.2. The summed E-state index contributed by atoms with van der Waals surface area (Å²) in [5, 5.41) is 29.3. The number of hydrogen-bond acceptors (Lipinski definition) is 9. The summed E-state index contributed by atoms with van der Waals surface area (Å²) < 4.78 is 34.5. The van der Waals surface area contributed by atoms with E-state index in [0.717, 1.165) is 0 Å². The lowest BCUT2D eigenvalue weighted by atomic mass is 9.82. The first kappa shape index (κ1) is 22.7. The highest BCUT2D eigenvalue weighted by Crippen LogP contribution is 2.56. The molecule has 0 amide bonds. The molecule has 0 radical (unpaired) electrons. The molecule has 164 valence electrons. The summed E-state index contributed by atoms with van der Waals surface area (Å²) in [5.41, 5.74) is -1.48. The normalized spacial score (nSPS) is 43.7. The van der Waals surface area contributed by atoms with Gasteiger partial charge in [0, 0.05) is 0 Å². The Bertz CT molecular complexity index is 419. The molecule has 9 nitrogen and oxygen atoms in total. The fourth-order valence-corrected chi connectivity index (χ4v) is 4.87. The highest BCUT2D eigenvalue weighted by Gasteiger charge is 2.55. The average molecular weight is 424 g/mol. The van der Waals surface area contributed by atoms with E-state index in [0.29, 0.717) is 39.1 Å². The van der Waals surface area contributed by atoms with Crippen molar-refractivity contribution in [3.63, 3.8) is 0 Å². The minimum absolute atomic E-state index is 0.0672. The predicted octanol–water partition coefficient (Wildman–Crippen LogP) is 1.50. The molecular weight excluding hydrogens is 391 g/mol. The van der Waals surface area contributed by atoms with Crippen LogP contribution in [0.25, 0.3) is 0 Å². The van der Waals surface area contributed by atoms with Crippen LogP contribution in [0.5, 0.6) is 0 Å². The molecule has 3 aliphatic heterocycles. The smallest absolute Gasteiger partial charge is 0.340 e. The van der Waals surface area contributed by atoms with E-state index in [1.54, 1.807) is 0 Å². The topological polar surface area (TPSA) is 116 Å². The van der Waals surface area contributed by atoms with Gasteiger partial charge in [0.15, 0.2) is 18.9 Å². The Hall–Kier alpha value is 0.0700. The van der Waals surface area contributed by atoms with Crippen molar-refractivity contribution >= 4 is 8.60 Å². The molecule has 3 rings (SSSR count). The largest absolute Gasteiger partial charge is 0.396 e. The summed E-state index contributed by atoms with van der Waals surface area (Å²) in [6.45, 7) is 6.89. The highest BCUT2D eigenvalue weighted by molar-refractivity contribution is 7.41. The van der Waals surface area contributed by atoms with Gasteiger partial charge < -0.3 is 29.5 Å². The van der Waals surface area contributed by atoms with Gasteiger partial charge in [-0.3, -0.25) is 13.6 Å². The van der Waals surface area contributed by atoms with Crippen molar-refractivity contribution < 1.29 is 43.1 Å². The van der Waals surface area contributed by atoms with Gasteiger partial charge in [-0.2, -0.15) is 0 Å². The fourth-order valence-electron chi connectivity index (χ4n) is 3.40. The number of hydrogen-bond donors (Lipinski definition) is 3. The lowest BCUT2D eigenvalue weighted by Gasteiger charge is -2.52. The summed E-state index contributed by atoms with van der Waals surface area (Å²) in [6.07, 6.45) is 0.0597. The third kappa shape index (κ3) is 3.75. The lowest BCUT2D eigenvalue weighted by molar-refractivity contribution is -0.325. The van der Waals surface area contributed by atoms with Gasteiger partial charge >= 0.3 is 8.60 Å². The lowest BCUT2D eigenvalue weighted by Crippen LogP contribution is -2.57. The Morgan fingerprint density at radius 1 is 0.679 bits per heavy atom. The fraction of sp³-hybridized carbons (Fsp3) is 1.00. The third-order valence-corrected chi connectivity index (χ3v) is 7.76. The molecule has 0 saturated carbocycles. The van der Waals surface area contributed by atoms with E-state index in [4.69, 9.17) is 27.8 Å². The Morgan fingerprint density at radius 2 is 0.964 bits per heavy atom. The zero-order valence-corrected chi connectivity index (χ0v) is 17.7. The molecule has 6 atom stereocenters. The van der Waals surface area contributed by atoms with Gasteiger partial charge in [-0.1, -0.05) is 20.8 Å². The van der Waals surface area contributed by atoms with Gasteiger partial charge in [-0.05, 0) is 19.3 Å². The second-order valence-corrected chi connectivity index (χ2v) is 9.17. The molecule has 0 aliphatic carbocycles. The average Bonchev–Trinajstić information content (AvgIpc) is 2.68. The SMILES string of the molecule is CCC1(CO)COC1OP(OC1OCC1(CC)CO)OC1OCC1(CC)CO. The van der Waals surface area contributed by atoms with Crippen LogP contribution in [-0.4, -0.2) is 73.8 Å². The Balaban J connectivity index is 1.69. The molecular formula is C18H33O9P. The van der Waals surface area contributed by atoms with Crippen LogP contribution in [0.2, 0.25) is 0 Å². The van der Waals surface area contributed by atoms with Gasteiger partial charge in [0.1, 0.15) is 0 Å². The van der Waals surface area contributed by atoms with Crippen molar-refractivity contribution in [1.82, 2.24) is 0 Å². The van der Waals surface area contributed by atoms with E-state index in [2.05, 4.69) is 0 Å². The van der Waals surface area contributed by atoms with Crippen molar-refractivity contribution in [2.45, 2.75) is 58.9 Å². The summed E-state index contributed by atoms with van der Waals surface area (Å²) in [7, 11) is -1.96. The second-order valence-electron chi connectivity index (χ2n) is 8.09. The quantitative estimate of drug-likeness (QED) is 0.401. The second kappa shape index (κ2) is 9.06. The van der Waals surface area contributed by atoms with E-state index in [9.17, 15) is 15.3 Å². The molecule has 10 heteroatoms. The van der Waals surface area contributed by atoms with Gasteiger partial charge in [-0.15, -0.1) is 0 Å². The molecule has 3 N–H and O–H groups in total. The molecule has 3 aliphatic rings. The maximum Gasteiger partial charge on any atom is 0.340 e. The molecule has 6 unspecified atom stereocenters. The molecule has 0 spiro atoms. The van der Waals surface area contributed by atoms with Gasteiger partial charge in [0.2, 0.25) is 0 Å². The van der Waals surface area contributed by atoms with Crippen molar-refractivity contribution in [3.05, 3.63) is 0 Å². The molecule has 0 aromatic rings. The van der Waals surface area contributed by atoms with Gasteiger partial charge in [0.25, 0.3) is 0 Å². The first-order valence-corrected chi connectivity index (χ1v) is 11.0. The van der Waals surface area contributed by atoms with Crippen molar-refractivity contribution in [2.75, 3.05) is 39.6 Å². The van der Waals surface area contributed by atoms with Crippen molar-refractivity contribution in [1.29, 1.82) is 0 Å². The van der Waals surface area contributed by atoms with Crippen molar-refractivity contribution in [2.24, 2.45) is 16.2 Å². The minimum Gasteiger partial charge on any atom is -0.396 e. The van der Waals surface area contributed by atoms with Gasteiger partial charge in [-0.25, -0.2) is 0 Å². The first-order valence-electron chi connectivity index (χ1n) is 9.95. The number of aliphatic hydroxyl groups excluding tert-OH is 3. The van der Waals surface area contributed by atoms with Crippen LogP contribution in [0, 0.1) is 16.2 Å². The summed E-state index contributed by atoms with van der Waals surface area (Å²) in [6, 6.07) is 0. The standard InChI is InChI=1S/C18H33O9P/c1-4-16(7-19)10-22-13(16)25-28(26-14-17(5-2,8-20)11-23-14)27-15-18(6-3,9-21)12-24-15/h13-15,19-21H,4-12H2,1-3H3. The molecule has 3 heterocycles. The van der Waals surface area contributed by atoms with E-state index < -0.39 is 43.7 Å². The number of rotatable bonds is 12. The van der Waals surface area contributed by atoms with Crippen LogP contribution < -0.4 is 0 Å². The maximum atomic E-state index is 9.77. The van der Waals surface area contributed by atoms with Crippen LogP contribution in [0.4, 0.5) is 0 Å². The van der Waals surface area contributed by atoms with E-state index in [1.165, 1.54) is 0 Å². The summed E-state index contributed by atoms with van der Waals surface area (Å²) >= 11 is 0.